The topological polar surface area (TPSA) is 50.4 Å². The molecule has 23 heavy (non-hydrogen) atoms. The van der Waals surface area contributed by atoms with E-state index in [-0.39, 0.29) is 28.7 Å². The number of nitrogens with one attached hydrogen (secondary N) is 2. The summed E-state index contributed by atoms with van der Waals surface area (Å²) in [7, 11) is 0. The molecule has 124 valence electrons. The Bertz CT molecular complexity index is 656. The quantitative estimate of drug-likeness (QED) is 0.639. The molecule has 0 unspecified atom stereocenters. The molecule has 1 aliphatic heterocycles. The zero-order chi connectivity index (χ0) is 17.1. The van der Waals surface area contributed by atoms with Crippen LogP contribution in [0.1, 0.15) is 32.4 Å². The van der Waals surface area contributed by atoms with Gasteiger partial charge < -0.3 is 15.4 Å². The fourth-order valence-electron chi connectivity index (χ4n) is 2.29. The molecular weight excluding hydrogens is 339 g/mol. The maximum absolute atomic E-state index is 14.3. The van der Waals surface area contributed by atoms with E-state index in [0.29, 0.717) is 10.8 Å². The molecule has 0 radical (unpaired) electrons. The van der Waals surface area contributed by atoms with Gasteiger partial charge in [0.1, 0.15) is 5.82 Å². The fourth-order valence-corrected chi connectivity index (χ4v) is 2.83. The van der Waals surface area contributed by atoms with Crippen LogP contribution in [0.4, 0.5) is 4.39 Å². The second-order valence-electron chi connectivity index (χ2n) is 5.70. The predicted molar refractivity (Wildman–Crippen MR) is 91.5 cm³/mol. The lowest BCUT2D eigenvalue weighted by Crippen LogP contribution is -2.45. The van der Waals surface area contributed by atoms with Crippen molar-refractivity contribution in [1.82, 2.24) is 10.6 Å². The standard InChI is InChI=1S/C16H18ClFN2O2S/c1-8(2)7-22-15(21)12-9(3)19-16(23)20-14(12)13-10(17)5-4-6-11(13)18/h4-6,8,14H,7H2,1-3H3,(H2,19,20,23)/t14-/m0/s1. The molecule has 1 aromatic carbocycles. The van der Waals surface area contributed by atoms with Crippen molar-refractivity contribution >= 4 is 34.9 Å². The summed E-state index contributed by atoms with van der Waals surface area (Å²) in [4.78, 5) is 12.5. The van der Waals surface area contributed by atoms with Gasteiger partial charge in [0.25, 0.3) is 0 Å². The Morgan fingerprint density at radius 2 is 2.17 bits per heavy atom. The molecule has 1 heterocycles. The van der Waals surface area contributed by atoms with E-state index in [1.807, 2.05) is 13.8 Å². The van der Waals surface area contributed by atoms with Gasteiger partial charge >= 0.3 is 5.97 Å². The van der Waals surface area contributed by atoms with Crippen molar-refractivity contribution in [2.75, 3.05) is 6.61 Å². The van der Waals surface area contributed by atoms with E-state index in [0.717, 1.165) is 0 Å². The van der Waals surface area contributed by atoms with Crippen molar-refractivity contribution in [3.8, 4) is 0 Å². The minimum atomic E-state index is -0.794. The van der Waals surface area contributed by atoms with Crippen molar-refractivity contribution in [2.24, 2.45) is 5.92 Å². The van der Waals surface area contributed by atoms with Crippen LogP contribution < -0.4 is 10.6 Å². The van der Waals surface area contributed by atoms with Crippen LogP contribution in [0.3, 0.4) is 0 Å². The molecule has 0 fully saturated rings. The van der Waals surface area contributed by atoms with E-state index in [2.05, 4.69) is 10.6 Å². The maximum atomic E-state index is 14.3. The number of thiocarbonyl (C=S) groups is 1. The van der Waals surface area contributed by atoms with Gasteiger partial charge in [-0.1, -0.05) is 31.5 Å². The van der Waals surface area contributed by atoms with Gasteiger partial charge in [-0.2, -0.15) is 0 Å². The summed E-state index contributed by atoms with van der Waals surface area (Å²) in [5, 5.41) is 6.29. The van der Waals surface area contributed by atoms with Gasteiger partial charge in [-0.3, -0.25) is 0 Å². The van der Waals surface area contributed by atoms with Gasteiger partial charge in [-0.05, 0) is 37.2 Å². The number of hydrogen-bond donors (Lipinski definition) is 2. The van der Waals surface area contributed by atoms with Crippen molar-refractivity contribution < 1.29 is 13.9 Å². The SMILES string of the molecule is CC1=C(C(=O)OCC(C)C)[C@@H](c2c(F)cccc2Cl)NC(=S)N1. The second kappa shape index (κ2) is 7.27. The number of hydrogen-bond acceptors (Lipinski definition) is 3. The van der Waals surface area contributed by atoms with Crippen molar-refractivity contribution in [3.63, 3.8) is 0 Å². The third kappa shape index (κ3) is 4.00. The van der Waals surface area contributed by atoms with Crippen LogP contribution in [-0.2, 0) is 9.53 Å². The first-order valence-corrected chi connectivity index (χ1v) is 7.99. The molecule has 0 saturated carbocycles. The van der Waals surface area contributed by atoms with Gasteiger partial charge in [0.15, 0.2) is 5.11 Å². The van der Waals surface area contributed by atoms with E-state index >= 15 is 0 Å². The zero-order valence-corrected chi connectivity index (χ0v) is 14.6. The first-order chi connectivity index (χ1) is 10.8. The van der Waals surface area contributed by atoms with Crippen molar-refractivity contribution in [2.45, 2.75) is 26.8 Å². The third-order valence-corrected chi connectivity index (χ3v) is 3.87. The van der Waals surface area contributed by atoms with Crippen LogP contribution in [-0.4, -0.2) is 17.7 Å². The first-order valence-electron chi connectivity index (χ1n) is 7.20. The van der Waals surface area contributed by atoms with Crippen LogP contribution in [0, 0.1) is 11.7 Å². The van der Waals surface area contributed by atoms with Gasteiger partial charge in [0.2, 0.25) is 0 Å². The highest BCUT2D eigenvalue weighted by Crippen LogP contribution is 2.34. The number of carbonyl (C=O) groups is 1. The predicted octanol–water partition coefficient (Wildman–Crippen LogP) is 3.47. The molecule has 2 rings (SSSR count). The summed E-state index contributed by atoms with van der Waals surface area (Å²) in [6.45, 7) is 5.84. The Morgan fingerprint density at radius 3 is 2.78 bits per heavy atom. The molecular formula is C16H18ClFN2O2S. The van der Waals surface area contributed by atoms with Gasteiger partial charge in [-0.15, -0.1) is 0 Å². The Hall–Kier alpha value is -1.66. The first kappa shape index (κ1) is 17.7. The van der Waals surface area contributed by atoms with Crippen LogP contribution in [0.15, 0.2) is 29.5 Å². The van der Waals surface area contributed by atoms with E-state index in [1.165, 1.54) is 12.1 Å². The highest BCUT2D eigenvalue weighted by Gasteiger charge is 2.34. The normalized spacial score (nSPS) is 17.8. The molecule has 1 aromatic rings. The van der Waals surface area contributed by atoms with E-state index in [9.17, 15) is 9.18 Å². The molecule has 0 amide bonds. The smallest absolute Gasteiger partial charge is 0.338 e. The minimum absolute atomic E-state index is 0.175. The summed E-state index contributed by atoms with van der Waals surface area (Å²) < 4.78 is 19.6. The lowest BCUT2D eigenvalue weighted by molar-refractivity contribution is -0.140. The van der Waals surface area contributed by atoms with Gasteiger partial charge in [-0.25, -0.2) is 9.18 Å². The van der Waals surface area contributed by atoms with Gasteiger partial charge in [0.05, 0.1) is 18.2 Å². The highest BCUT2D eigenvalue weighted by atomic mass is 35.5. The number of benzene rings is 1. The van der Waals surface area contributed by atoms with E-state index in [4.69, 9.17) is 28.6 Å². The number of ether oxygens (including phenoxy) is 1. The monoisotopic (exact) mass is 356 g/mol. The molecule has 0 spiro atoms. The molecule has 0 saturated heterocycles. The molecule has 0 aromatic heterocycles. The zero-order valence-electron chi connectivity index (χ0n) is 13.1. The molecule has 1 atom stereocenters. The maximum Gasteiger partial charge on any atom is 0.338 e. The summed E-state index contributed by atoms with van der Waals surface area (Å²) in [6.07, 6.45) is 0. The second-order valence-corrected chi connectivity index (χ2v) is 6.51. The number of esters is 1. The van der Waals surface area contributed by atoms with Crippen LogP contribution >= 0.6 is 23.8 Å². The molecule has 4 nitrogen and oxygen atoms in total. The Balaban J connectivity index is 2.44. The Labute approximate surface area is 145 Å². The summed E-state index contributed by atoms with van der Waals surface area (Å²) in [6, 6.07) is 3.57. The summed E-state index contributed by atoms with van der Waals surface area (Å²) in [5.41, 5.74) is 0.965. The van der Waals surface area contributed by atoms with E-state index < -0.39 is 17.8 Å². The molecule has 2 N–H and O–H groups in total. The molecule has 0 bridgehead atoms. The van der Waals surface area contributed by atoms with E-state index in [1.54, 1.807) is 13.0 Å². The Kier molecular flexibility index (Phi) is 5.59. The van der Waals surface area contributed by atoms with Gasteiger partial charge in [0, 0.05) is 16.3 Å². The van der Waals surface area contributed by atoms with Crippen LogP contribution in [0.5, 0.6) is 0 Å². The lowest BCUT2D eigenvalue weighted by Gasteiger charge is -2.30. The summed E-state index contributed by atoms with van der Waals surface area (Å²) >= 11 is 11.3. The van der Waals surface area contributed by atoms with Crippen LogP contribution in [0.25, 0.3) is 0 Å². The minimum Gasteiger partial charge on any atom is -0.462 e. The number of carbonyl (C=O) groups excluding carboxylic acids is 1. The van der Waals surface area contributed by atoms with Crippen molar-refractivity contribution in [1.29, 1.82) is 0 Å². The average molecular weight is 357 g/mol. The third-order valence-electron chi connectivity index (χ3n) is 3.33. The average Bonchev–Trinajstić information content (AvgIpc) is 2.44. The Morgan fingerprint density at radius 1 is 1.48 bits per heavy atom. The molecule has 0 aliphatic carbocycles. The number of rotatable bonds is 4. The van der Waals surface area contributed by atoms with Crippen LogP contribution in [0.2, 0.25) is 5.02 Å². The molecule has 1 aliphatic rings. The lowest BCUT2D eigenvalue weighted by atomic mass is 9.95. The number of halogens is 2. The fraction of sp³-hybridized carbons (Fsp3) is 0.375. The largest absolute Gasteiger partial charge is 0.462 e. The molecule has 7 heteroatoms. The number of allylic oxidation sites excluding steroid dienone is 1. The summed E-state index contributed by atoms with van der Waals surface area (Å²) in [5.74, 6) is -0.842. The highest BCUT2D eigenvalue weighted by molar-refractivity contribution is 7.80. The van der Waals surface area contributed by atoms with Crippen molar-refractivity contribution in [3.05, 3.63) is 45.9 Å².